The second kappa shape index (κ2) is 4.47. The van der Waals surface area contributed by atoms with E-state index in [1.807, 2.05) is 0 Å². The van der Waals surface area contributed by atoms with E-state index >= 15 is 0 Å². The Morgan fingerprint density at radius 1 is 1.00 bits per heavy atom. The normalized spacial score (nSPS) is 56.1. The van der Waals surface area contributed by atoms with Crippen molar-refractivity contribution in [3.63, 3.8) is 0 Å². The molecular formula is C18H28O3. The largest absolute Gasteiger partial charge is 0.462 e. The third-order valence-electron chi connectivity index (χ3n) is 7.87. The minimum absolute atomic E-state index is 0.00728. The Balaban J connectivity index is 1.64. The zero-order valence-electron chi connectivity index (χ0n) is 13.3. The van der Waals surface area contributed by atoms with Crippen molar-refractivity contribution < 1.29 is 14.6 Å². The summed E-state index contributed by atoms with van der Waals surface area (Å²) in [6, 6.07) is 0. The lowest BCUT2D eigenvalue weighted by molar-refractivity contribution is -0.193. The van der Waals surface area contributed by atoms with Gasteiger partial charge in [0, 0.05) is 11.8 Å². The van der Waals surface area contributed by atoms with Gasteiger partial charge in [0.1, 0.15) is 6.10 Å². The van der Waals surface area contributed by atoms with Crippen LogP contribution in [0.4, 0.5) is 0 Å². The van der Waals surface area contributed by atoms with Crippen LogP contribution in [0.25, 0.3) is 0 Å². The topological polar surface area (TPSA) is 46.5 Å². The van der Waals surface area contributed by atoms with E-state index in [0.29, 0.717) is 18.3 Å². The molecule has 118 valence electrons. The molecule has 1 aliphatic heterocycles. The number of hydrogen-bond acceptors (Lipinski definition) is 3. The van der Waals surface area contributed by atoms with Gasteiger partial charge >= 0.3 is 5.97 Å². The van der Waals surface area contributed by atoms with E-state index < -0.39 is 0 Å². The highest BCUT2D eigenvalue weighted by atomic mass is 16.5. The Labute approximate surface area is 127 Å². The van der Waals surface area contributed by atoms with Gasteiger partial charge in [-0.3, -0.25) is 4.79 Å². The van der Waals surface area contributed by atoms with E-state index in [1.54, 1.807) is 0 Å². The Kier molecular flexibility index (Phi) is 2.99. The third kappa shape index (κ3) is 1.79. The van der Waals surface area contributed by atoms with Crippen molar-refractivity contribution in [1.82, 2.24) is 0 Å². The summed E-state index contributed by atoms with van der Waals surface area (Å²) in [5.74, 6) is 2.11. The lowest BCUT2D eigenvalue weighted by Gasteiger charge is -2.59. The molecule has 1 heterocycles. The maximum absolute atomic E-state index is 11.6. The molecule has 4 rings (SSSR count). The SMILES string of the molecule is C[C@]12CCC(=O)OC1CCC1C2CC[C@]2(C)C(O)CCC12. The molecule has 4 fully saturated rings. The molecule has 1 N–H and O–H groups in total. The van der Waals surface area contributed by atoms with Crippen LogP contribution in [0.15, 0.2) is 0 Å². The maximum Gasteiger partial charge on any atom is 0.306 e. The molecule has 3 saturated carbocycles. The first-order chi connectivity index (χ1) is 9.95. The Morgan fingerprint density at radius 3 is 2.57 bits per heavy atom. The van der Waals surface area contributed by atoms with Crippen LogP contribution in [0.5, 0.6) is 0 Å². The van der Waals surface area contributed by atoms with Crippen molar-refractivity contribution in [2.45, 2.75) is 77.4 Å². The van der Waals surface area contributed by atoms with Gasteiger partial charge in [0.25, 0.3) is 0 Å². The predicted octanol–water partition coefficient (Wildman–Crippen LogP) is 3.30. The fraction of sp³-hybridized carbons (Fsp3) is 0.944. The van der Waals surface area contributed by atoms with E-state index in [-0.39, 0.29) is 29.0 Å². The summed E-state index contributed by atoms with van der Waals surface area (Å²) in [7, 11) is 0. The summed E-state index contributed by atoms with van der Waals surface area (Å²) < 4.78 is 5.71. The lowest BCUT2D eigenvalue weighted by atomic mass is 9.48. The Hall–Kier alpha value is -0.570. The van der Waals surface area contributed by atoms with Crippen molar-refractivity contribution in [3.8, 4) is 0 Å². The van der Waals surface area contributed by atoms with Crippen molar-refractivity contribution >= 4 is 5.97 Å². The fourth-order valence-corrected chi connectivity index (χ4v) is 6.52. The molecule has 3 nitrogen and oxygen atoms in total. The van der Waals surface area contributed by atoms with E-state index in [0.717, 1.165) is 31.6 Å². The van der Waals surface area contributed by atoms with E-state index in [2.05, 4.69) is 13.8 Å². The summed E-state index contributed by atoms with van der Waals surface area (Å²) >= 11 is 0. The van der Waals surface area contributed by atoms with E-state index in [9.17, 15) is 9.90 Å². The fourth-order valence-electron chi connectivity index (χ4n) is 6.52. The molecule has 21 heavy (non-hydrogen) atoms. The molecule has 0 bridgehead atoms. The predicted molar refractivity (Wildman–Crippen MR) is 79.5 cm³/mol. The Bertz CT molecular complexity index is 461. The van der Waals surface area contributed by atoms with Gasteiger partial charge in [-0.1, -0.05) is 13.8 Å². The molecule has 0 amide bonds. The number of aliphatic hydroxyl groups excluding tert-OH is 1. The number of fused-ring (bicyclic) bond motifs is 5. The zero-order valence-corrected chi connectivity index (χ0v) is 13.3. The summed E-state index contributed by atoms with van der Waals surface area (Å²) in [5, 5.41) is 10.4. The van der Waals surface area contributed by atoms with Gasteiger partial charge in [-0.25, -0.2) is 0 Å². The molecule has 0 spiro atoms. The van der Waals surface area contributed by atoms with Crippen LogP contribution < -0.4 is 0 Å². The first-order valence-corrected chi connectivity index (χ1v) is 8.83. The van der Waals surface area contributed by atoms with E-state index in [1.165, 1.54) is 19.3 Å². The van der Waals surface area contributed by atoms with Crippen LogP contribution >= 0.6 is 0 Å². The number of aliphatic hydroxyl groups is 1. The number of rotatable bonds is 0. The van der Waals surface area contributed by atoms with Gasteiger partial charge in [-0.05, 0) is 68.1 Å². The van der Waals surface area contributed by atoms with Crippen molar-refractivity contribution in [3.05, 3.63) is 0 Å². The van der Waals surface area contributed by atoms with Gasteiger partial charge < -0.3 is 9.84 Å². The van der Waals surface area contributed by atoms with Crippen molar-refractivity contribution in [1.29, 1.82) is 0 Å². The molecule has 1 saturated heterocycles. The van der Waals surface area contributed by atoms with Gasteiger partial charge in [0.05, 0.1) is 6.10 Å². The highest BCUT2D eigenvalue weighted by Crippen LogP contribution is 2.64. The van der Waals surface area contributed by atoms with Gasteiger partial charge in [0.15, 0.2) is 0 Å². The van der Waals surface area contributed by atoms with Crippen LogP contribution in [-0.4, -0.2) is 23.3 Å². The number of esters is 1. The molecule has 3 aliphatic carbocycles. The monoisotopic (exact) mass is 292 g/mol. The summed E-state index contributed by atoms with van der Waals surface area (Å²) in [6.07, 6.45) is 8.41. The van der Waals surface area contributed by atoms with Crippen LogP contribution in [0.2, 0.25) is 0 Å². The molecule has 3 heteroatoms. The van der Waals surface area contributed by atoms with Gasteiger partial charge in [-0.2, -0.15) is 0 Å². The smallest absolute Gasteiger partial charge is 0.306 e. The molecule has 4 aliphatic rings. The summed E-state index contributed by atoms with van der Waals surface area (Å²) in [4.78, 5) is 11.6. The number of hydrogen-bond donors (Lipinski definition) is 1. The Morgan fingerprint density at radius 2 is 1.76 bits per heavy atom. The first kappa shape index (κ1) is 14.0. The van der Waals surface area contributed by atoms with E-state index in [4.69, 9.17) is 4.74 Å². The van der Waals surface area contributed by atoms with Crippen LogP contribution in [0.1, 0.15) is 65.2 Å². The van der Waals surface area contributed by atoms with Crippen molar-refractivity contribution in [2.24, 2.45) is 28.6 Å². The average Bonchev–Trinajstić information content (AvgIpc) is 2.76. The highest BCUT2D eigenvalue weighted by molar-refractivity contribution is 5.70. The first-order valence-electron chi connectivity index (χ1n) is 8.83. The van der Waals surface area contributed by atoms with Crippen LogP contribution in [0.3, 0.4) is 0 Å². The second-order valence-electron chi connectivity index (χ2n) is 8.58. The van der Waals surface area contributed by atoms with Gasteiger partial charge in [-0.15, -0.1) is 0 Å². The number of ether oxygens (including phenoxy) is 1. The molecule has 5 unspecified atom stereocenters. The van der Waals surface area contributed by atoms with Crippen LogP contribution in [-0.2, 0) is 9.53 Å². The zero-order chi connectivity index (χ0) is 14.8. The minimum atomic E-state index is -0.0989. The molecule has 0 aromatic heterocycles. The molecule has 0 aromatic carbocycles. The number of carbonyl (C=O) groups excluding carboxylic acids is 1. The second-order valence-corrected chi connectivity index (χ2v) is 8.58. The average molecular weight is 292 g/mol. The molecular weight excluding hydrogens is 264 g/mol. The lowest BCUT2D eigenvalue weighted by Crippen LogP contribution is -2.56. The summed E-state index contributed by atoms with van der Waals surface area (Å²) in [6.45, 7) is 4.69. The molecule has 0 radical (unpaired) electrons. The quantitative estimate of drug-likeness (QED) is 0.697. The summed E-state index contributed by atoms with van der Waals surface area (Å²) in [5.41, 5.74) is 0.335. The minimum Gasteiger partial charge on any atom is -0.462 e. The van der Waals surface area contributed by atoms with Gasteiger partial charge in [0.2, 0.25) is 0 Å². The van der Waals surface area contributed by atoms with Crippen molar-refractivity contribution in [2.75, 3.05) is 0 Å². The standard InChI is InChI=1S/C18H28O3/c1-17-9-7-13-11(12(17)4-5-14(17)19)3-6-15-18(13,2)10-8-16(20)21-15/h11-15,19H,3-10H2,1-2H3/t11?,12?,13?,14?,15?,17-,18+/m0/s1. The third-order valence-corrected chi connectivity index (χ3v) is 7.87. The number of carbonyl (C=O) groups is 1. The molecule has 0 aromatic rings. The highest BCUT2D eigenvalue weighted by Gasteiger charge is 2.60. The maximum atomic E-state index is 11.6. The van der Waals surface area contributed by atoms with Crippen LogP contribution in [0, 0.1) is 28.6 Å². The molecule has 7 atom stereocenters.